The van der Waals surface area contributed by atoms with Crippen LogP contribution in [0.4, 0.5) is 4.39 Å². The molecule has 0 radical (unpaired) electrons. The lowest BCUT2D eigenvalue weighted by Crippen LogP contribution is -2.03. The second-order valence-corrected chi connectivity index (χ2v) is 6.16. The molecular weight excluding hydrogens is 319 g/mol. The molecule has 0 aliphatic rings. The second kappa shape index (κ2) is 5.32. The molecule has 1 atom stereocenters. The average molecular weight is 331 g/mol. The number of halogens is 2. The summed E-state index contributed by atoms with van der Waals surface area (Å²) in [7, 11) is 0.607. The van der Waals surface area contributed by atoms with Gasteiger partial charge in [0.2, 0.25) is 0 Å². The molecule has 0 saturated carbocycles. The van der Waals surface area contributed by atoms with E-state index in [9.17, 15) is 8.60 Å². The number of benzene rings is 1. The first-order chi connectivity index (χ1) is 8.49. The van der Waals surface area contributed by atoms with Crippen LogP contribution in [0.1, 0.15) is 11.4 Å². The van der Waals surface area contributed by atoms with Gasteiger partial charge in [0, 0.05) is 11.9 Å². The quantitative estimate of drug-likeness (QED) is 0.867. The predicted molar refractivity (Wildman–Crippen MR) is 72.2 cm³/mol. The highest BCUT2D eigenvalue weighted by Gasteiger charge is 2.14. The van der Waals surface area contributed by atoms with Crippen molar-refractivity contribution in [3.63, 3.8) is 0 Å². The minimum Gasteiger partial charge on any atom is -0.270 e. The third kappa shape index (κ3) is 2.70. The van der Waals surface area contributed by atoms with Gasteiger partial charge in [0.15, 0.2) is 0 Å². The number of aryl methyl sites for hydroxylation is 2. The Labute approximate surface area is 116 Å². The Morgan fingerprint density at radius 2 is 2.00 bits per heavy atom. The van der Waals surface area contributed by atoms with Crippen LogP contribution in [-0.2, 0) is 23.6 Å². The van der Waals surface area contributed by atoms with Crippen molar-refractivity contribution in [2.45, 2.75) is 17.6 Å². The molecule has 0 amide bonds. The van der Waals surface area contributed by atoms with Crippen LogP contribution >= 0.6 is 15.9 Å². The first-order valence-corrected chi connectivity index (χ1v) is 7.42. The van der Waals surface area contributed by atoms with Gasteiger partial charge in [-0.25, -0.2) is 4.39 Å². The molecular formula is C12H12BrFN2OS. The standard InChI is InChI=1S/C12H12BrFN2OS/c1-8-12(13)11(16(2)15-8)7-18(17)10-5-3-9(14)4-6-10/h3-6H,7H2,1-2H3. The summed E-state index contributed by atoms with van der Waals surface area (Å²) in [5.74, 6) is 0.0251. The molecule has 0 aliphatic carbocycles. The number of hydrogen-bond acceptors (Lipinski definition) is 2. The highest BCUT2D eigenvalue weighted by atomic mass is 79.9. The third-order valence-electron chi connectivity index (χ3n) is 2.61. The zero-order valence-electron chi connectivity index (χ0n) is 9.98. The summed E-state index contributed by atoms with van der Waals surface area (Å²) in [6, 6.07) is 5.72. The van der Waals surface area contributed by atoms with Crippen LogP contribution in [0, 0.1) is 12.7 Å². The molecule has 0 N–H and O–H groups in total. The summed E-state index contributed by atoms with van der Waals surface area (Å²) in [5, 5.41) is 4.25. The third-order valence-corrected chi connectivity index (χ3v) is 4.97. The first kappa shape index (κ1) is 13.4. The molecule has 0 fully saturated rings. The van der Waals surface area contributed by atoms with Gasteiger partial charge in [-0.2, -0.15) is 5.10 Å². The van der Waals surface area contributed by atoms with Crippen molar-refractivity contribution in [2.75, 3.05) is 0 Å². The van der Waals surface area contributed by atoms with Crippen LogP contribution in [-0.4, -0.2) is 14.0 Å². The van der Waals surface area contributed by atoms with Crippen molar-refractivity contribution in [2.24, 2.45) is 7.05 Å². The maximum absolute atomic E-state index is 12.8. The van der Waals surface area contributed by atoms with E-state index in [1.165, 1.54) is 12.1 Å². The average Bonchev–Trinajstić information content (AvgIpc) is 2.57. The van der Waals surface area contributed by atoms with Gasteiger partial charge in [0.05, 0.1) is 32.4 Å². The summed E-state index contributed by atoms with van der Waals surface area (Å²) in [5.41, 5.74) is 1.73. The molecule has 0 spiro atoms. The van der Waals surface area contributed by atoms with Crippen molar-refractivity contribution in [3.8, 4) is 0 Å². The van der Waals surface area contributed by atoms with Crippen molar-refractivity contribution >= 4 is 26.7 Å². The number of hydrogen-bond donors (Lipinski definition) is 0. The van der Waals surface area contributed by atoms with Gasteiger partial charge < -0.3 is 0 Å². The largest absolute Gasteiger partial charge is 0.270 e. The summed E-state index contributed by atoms with van der Waals surface area (Å²) in [6.07, 6.45) is 0. The highest BCUT2D eigenvalue weighted by molar-refractivity contribution is 9.10. The zero-order valence-corrected chi connectivity index (χ0v) is 12.4. The first-order valence-electron chi connectivity index (χ1n) is 5.31. The van der Waals surface area contributed by atoms with Gasteiger partial charge in [-0.05, 0) is 47.1 Å². The molecule has 1 aromatic carbocycles. The molecule has 2 rings (SSSR count). The van der Waals surface area contributed by atoms with Crippen molar-refractivity contribution in [1.29, 1.82) is 0 Å². The van der Waals surface area contributed by atoms with E-state index in [-0.39, 0.29) is 5.82 Å². The number of nitrogens with zero attached hydrogens (tertiary/aromatic N) is 2. The van der Waals surface area contributed by atoms with Gasteiger partial charge >= 0.3 is 0 Å². The van der Waals surface area contributed by atoms with E-state index in [1.54, 1.807) is 16.8 Å². The molecule has 6 heteroatoms. The van der Waals surface area contributed by atoms with Gasteiger partial charge in [0.25, 0.3) is 0 Å². The van der Waals surface area contributed by atoms with Crippen molar-refractivity contribution in [3.05, 3.63) is 45.9 Å². The normalized spacial score (nSPS) is 12.7. The lowest BCUT2D eigenvalue weighted by molar-refractivity contribution is 0.626. The number of aromatic nitrogens is 2. The predicted octanol–water partition coefficient (Wildman–Crippen LogP) is 2.94. The molecule has 1 aromatic heterocycles. The number of rotatable bonds is 3. The highest BCUT2D eigenvalue weighted by Crippen LogP contribution is 2.23. The van der Waals surface area contributed by atoms with Gasteiger partial charge in [-0.15, -0.1) is 0 Å². The lowest BCUT2D eigenvalue weighted by atomic mass is 10.3. The van der Waals surface area contributed by atoms with Crippen LogP contribution in [0.3, 0.4) is 0 Å². The molecule has 2 aromatic rings. The maximum atomic E-state index is 12.8. The summed E-state index contributed by atoms with van der Waals surface area (Å²) in [6.45, 7) is 1.88. The van der Waals surface area contributed by atoms with E-state index in [4.69, 9.17) is 0 Å². The lowest BCUT2D eigenvalue weighted by Gasteiger charge is -2.04. The monoisotopic (exact) mass is 330 g/mol. The molecule has 0 aliphatic heterocycles. The Morgan fingerprint density at radius 3 is 2.50 bits per heavy atom. The minimum atomic E-state index is -1.21. The van der Waals surface area contributed by atoms with E-state index in [0.717, 1.165) is 15.9 Å². The fourth-order valence-corrected chi connectivity index (χ4v) is 3.48. The summed E-state index contributed by atoms with van der Waals surface area (Å²) < 4.78 is 27.5. The topological polar surface area (TPSA) is 34.9 Å². The zero-order chi connectivity index (χ0) is 13.3. The van der Waals surface area contributed by atoms with Gasteiger partial charge in [0.1, 0.15) is 5.82 Å². The van der Waals surface area contributed by atoms with Crippen LogP contribution in [0.5, 0.6) is 0 Å². The smallest absolute Gasteiger partial charge is 0.123 e. The summed E-state index contributed by atoms with van der Waals surface area (Å²) >= 11 is 3.44. The maximum Gasteiger partial charge on any atom is 0.123 e. The van der Waals surface area contributed by atoms with Gasteiger partial charge in [-0.1, -0.05) is 0 Å². The molecule has 1 heterocycles. The summed E-state index contributed by atoms with van der Waals surface area (Å²) in [4.78, 5) is 0.613. The molecule has 1 unspecified atom stereocenters. The van der Waals surface area contributed by atoms with Crippen LogP contribution < -0.4 is 0 Å². The molecule has 96 valence electrons. The fourth-order valence-electron chi connectivity index (χ4n) is 1.63. The minimum absolute atomic E-state index is 0.326. The molecule has 3 nitrogen and oxygen atoms in total. The van der Waals surface area contributed by atoms with E-state index in [0.29, 0.717) is 10.6 Å². The second-order valence-electron chi connectivity index (χ2n) is 3.91. The van der Waals surface area contributed by atoms with E-state index in [2.05, 4.69) is 21.0 Å². The van der Waals surface area contributed by atoms with E-state index >= 15 is 0 Å². The Morgan fingerprint density at radius 1 is 1.39 bits per heavy atom. The van der Waals surface area contributed by atoms with Crippen LogP contribution in [0.25, 0.3) is 0 Å². The fraction of sp³-hybridized carbons (Fsp3) is 0.250. The molecule has 0 bridgehead atoms. The van der Waals surface area contributed by atoms with Gasteiger partial charge in [-0.3, -0.25) is 8.89 Å². The molecule has 0 saturated heterocycles. The van der Waals surface area contributed by atoms with Crippen LogP contribution in [0.2, 0.25) is 0 Å². The Bertz CT molecular complexity index is 595. The Kier molecular flexibility index (Phi) is 3.97. The van der Waals surface area contributed by atoms with E-state index < -0.39 is 10.8 Å². The Hall–Kier alpha value is -1.01. The van der Waals surface area contributed by atoms with Crippen molar-refractivity contribution < 1.29 is 8.60 Å². The molecule has 18 heavy (non-hydrogen) atoms. The van der Waals surface area contributed by atoms with Crippen LogP contribution in [0.15, 0.2) is 33.6 Å². The Balaban J connectivity index is 2.24. The SMILES string of the molecule is Cc1nn(C)c(CS(=O)c2ccc(F)cc2)c1Br. The van der Waals surface area contributed by atoms with E-state index in [1.807, 2.05) is 14.0 Å². The van der Waals surface area contributed by atoms with Crippen molar-refractivity contribution in [1.82, 2.24) is 9.78 Å².